The van der Waals surface area contributed by atoms with E-state index in [0.29, 0.717) is 12.5 Å². The summed E-state index contributed by atoms with van der Waals surface area (Å²) in [5.74, 6) is 0.974. The molecule has 1 amide bonds. The summed E-state index contributed by atoms with van der Waals surface area (Å²) < 4.78 is 5.39. The number of nitrogens with zero attached hydrogens (tertiary/aromatic N) is 1. The summed E-state index contributed by atoms with van der Waals surface area (Å²) >= 11 is 0. The Balaban J connectivity index is 2.05. The van der Waals surface area contributed by atoms with Crippen LogP contribution < -0.4 is 10.1 Å². The summed E-state index contributed by atoms with van der Waals surface area (Å²) in [5, 5.41) is 12.3. The summed E-state index contributed by atoms with van der Waals surface area (Å²) in [6.45, 7) is 4.70. The van der Waals surface area contributed by atoms with Gasteiger partial charge in [-0.05, 0) is 49.5 Å². The summed E-state index contributed by atoms with van der Waals surface area (Å²) in [7, 11) is 0. The molecule has 2 rings (SSSR count). The molecule has 1 fully saturated rings. The van der Waals surface area contributed by atoms with Gasteiger partial charge in [0.05, 0.1) is 6.61 Å². The smallest absolute Gasteiger partial charge is 0.262 e. The second kappa shape index (κ2) is 8.38. The van der Waals surface area contributed by atoms with Crippen molar-refractivity contribution in [3.05, 3.63) is 35.4 Å². The lowest BCUT2D eigenvalue weighted by Gasteiger charge is -2.29. The van der Waals surface area contributed by atoms with Gasteiger partial charge in [0.1, 0.15) is 17.4 Å². The molecular formula is C19H24N2O2. The molecule has 0 heterocycles. The first-order valence-electron chi connectivity index (χ1n) is 8.29. The monoisotopic (exact) mass is 312 g/mol. The predicted molar refractivity (Wildman–Crippen MR) is 90.8 cm³/mol. The number of nitrogens with one attached hydrogen (secondary N) is 1. The quantitative estimate of drug-likeness (QED) is 0.666. The zero-order chi connectivity index (χ0) is 16.7. The van der Waals surface area contributed by atoms with Crippen LogP contribution in [0.25, 0.3) is 6.08 Å². The van der Waals surface area contributed by atoms with E-state index >= 15 is 0 Å². The Bertz CT molecular complexity index is 599. The molecule has 122 valence electrons. The van der Waals surface area contributed by atoms with Crippen LogP contribution in [0.5, 0.6) is 5.75 Å². The van der Waals surface area contributed by atoms with Gasteiger partial charge in [0, 0.05) is 6.04 Å². The Morgan fingerprint density at radius 1 is 1.35 bits per heavy atom. The molecular weight excluding hydrogens is 288 g/mol. The number of rotatable bonds is 5. The zero-order valence-electron chi connectivity index (χ0n) is 13.8. The maximum atomic E-state index is 12.3. The Hall–Kier alpha value is -2.28. The fourth-order valence-corrected chi connectivity index (χ4v) is 2.92. The average molecular weight is 312 g/mol. The second-order valence-corrected chi connectivity index (χ2v) is 6.01. The maximum Gasteiger partial charge on any atom is 0.262 e. The van der Waals surface area contributed by atoms with Gasteiger partial charge >= 0.3 is 0 Å². The molecule has 1 saturated carbocycles. The Morgan fingerprint density at radius 3 is 2.65 bits per heavy atom. The van der Waals surface area contributed by atoms with E-state index in [4.69, 9.17) is 4.74 Å². The third-order valence-electron chi connectivity index (χ3n) is 4.30. The van der Waals surface area contributed by atoms with Gasteiger partial charge in [-0.3, -0.25) is 4.79 Å². The van der Waals surface area contributed by atoms with Crippen molar-refractivity contribution in [3.8, 4) is 11.8 Å². The normalized spacial score (nSPS) is 21.3. The van der Waals surface area contributed by atoms with E-state index in [0.717, 1.165) is 30.6 Å². The van der Waals surface area contributed by atoms with Crippen molar-refractivity contribution in [2.75, 3.05) is 6.61 Å². The number of amides is 1. The van der Waals surface area contributed by atoms with Gasteiger partial charge in [-0.2, -0.15) is 5.26 Å². The topological polar surface area (TPSA) is 62.1 Å². The first-order chi connectivity index (χ1) is 11.1. The summed E-state index contributed by atoms with van der Waals surface area (Å²) in [5.41, 5.74) is 0.962. The van der Waals surface area contributed by atoms with Gasteiger partial charge < -0.3 is 10.1 Å². The average Bonchev–Trinajstić information content (AvgIpc) is 2.56. The number of nitriles is 1. The number of hydrogen-bond acceptors (Lipinski definition) is 3. The lowest BCUT2D eigenvalue weighted by atomic mass is 9.86. The third-order valence-corrected chi connectivity index (χ3v) is 4.30. The molecule has 0 saturated heterocycles. The molecule has 1 aromatic rings. The molecule has 1 N–H and O–H groups in total. The highest BCUT2D eigenvalue weighted by Crippen LogP contribution is 2.24. The highest BCUT2D eigenvalue weighted by molar-refractivity contribution is 6.01. The number of ether oxygens (including phenoxy) is 1. The fourth-order valence-electron chi connectivity index (χ4n) is 2.92. The molecule has 2 atom stereocenters. The van der Waals surface area contributed by atoms with Gasteiger partial charge in [0.2, 0.25) is 0 Å². The van der Waals surface area contributed by atoms with Crippen molar-refractivity contribution >= 4 is 12.0 Å². The van der Waals surface area contributed by atoms with Gasteiger partial charge in [-0.1, -0.05) is 31.9 Å². The van der Waals surface area contributed by atoms with E-state index in [9.17, 15) is 10.1 Å². The van der Waals surface area contributed by atoms with Crippen LogP contribution in [-0.4, -0.2) is 18.6 Å². The molecule has 1 aromatic carbocycles. The van der Waals surface area contributed by atoms with E-state index in [1.807, 2.05) is 37.3 Å². The summed E-state index contributed by atoms with van der Waals surface area (Å²) in [6.07, 6.45) is 6.11. The SMILES string of the molecule is CCOc1ccc(/C=C(\C#N)C(=O)N[C@@H]2CCCC[C@H]2C)cc1. The van der Waals surface area contributed by atoms with Crippen LogP contribution in [0.3, 0.4) is 0 Å². The van der Waals surface area contributed by atoms with Gasteiger partial charge in [-0.15, -0.1) is 0 Å². The van der Waals surface area contributed by atoms with E-state index in [-0.39, 0.29) is 17.5 Å². The van der Waals surface area contributed by atoms with Crippen LogP contribution in [0.2, 0.25) is 0 Å². The lowest BCUT2D eigenvalue weighted by Crippen LogP contribution is -2.41. The van der Waals surface area contributed by atoms with Crippen LogP contribution in [0, 0.1) is 17.2 Å². The highest BCUT2D eigenvalue weighted by Gasteiger charge is 2.23. The van der Waals surface area contributed by atoms with Crippen molar-refractivity contribution in [1.29, 1.82) is 5.26 Å². The van der Waals surface area contributed by atoms with Gasteiger partial charge in [0.15, 0.2) is 0 Å². The minimum atomic E-state index is -0.278. The highest BCUT2D eigenvalue weighted by atomic mass is 16.5. The van der Waals surface area contributed by atoms with Crippen molar-refractivity contribution < 1.29 is 9.53 Å². The van der Waals surface area contributed by atoms with Crippen molar-refractivity contribution in [3.63, 3.8) is 0 Å². The maximum absolute atomic E-state index is 12.3. The second-order valence-electron chi connectivity index (χ2n) is 6.01. The first-order valence-corrected chi connectivity index (χ1v) is 8.29. The third kappa shape index (κ3) is 4.85. The van der Waals surface area contributed by atoms with E-state index in [2.05, 4.69) is 12.2 Å². The number of benzene rings is 1. The number of carbonyl (C=O) groups excluding carboxylic acids is 1. The lowest BCUT2D eigenvalue weighted by molar-refractivity contribution is -0.118. The standard InChI is InChI=1S/C19H24N2O2/c1-3-23-17-10-8-15(9-11-17)12-16(13-20)19(22)21-18-7-5-4-6-14(18)2/h8-12,14,18H,3-7H2,1-2H3,(H,21,22)/b16-12+/t14-,18-/m1/s1. The first kappa shape index (κ1) is 17.1. The molecule has 0 radical (unpaired) electrons. The zero-order valence-corrected chi connectivity index (χ0v) is 13.8. The summed E-state index contributed by atoms with van der Waals surface area (Å²) in [4.78, 5) is 12.3. The molecule has 0 aromatic heterocycles. The number of carbonyl (C=O) groups is 1. The van der Waals surface area contributed by atoms with Gasteiger partial charge in [0.25, 0.3) is 5.91 Å². The van der Waals surface area contributed by atoms with Crippen LogP contribution in [0.1, 0.15) is 45.1 Å². The van der Waals surface area contributed by atoms with Crippen LogP contribution in [0.4, 0.5) is 0 Å². The van der Waals surface area contributed by atoms with Gasteiger partial charge in [-0.25, -0.2) is 0 Å². The number of hydrogen-bond donors (Lipinski definition) is 1. The summed E-state index contributed by atoms with van der Waals surface area (Å²) in [6, 6.07) is 9.56. The molecule has 4 heteroatoms. The van der Waals surface area contributed by atoms with Crippen LogP contribution in [0.15, 0.2) is 29.8 Å². The molecule has 23 heavy (non-hydrogen) atoms. The Kier molecular flexibility index (Phi) is 6.22. The molecule has 0 unspecified atom stereocenters. The van der Waals surface area contributed by atoms with E-state index < -0.39 is 0 Å². The molecule has 4 nitrogen and oxygen atoms in total. The largest absolute Gasteiger partial charge is 0.494 e. The predicted octanol–water partition coefficient (Wildman–Crippen LogP) is 3.69. The van der Waals surface area contributed by atoms with E-state index in [1.165, 1.54) is 6.42 Å². The molecule has 0 aliphatic heterocycles. The molecule has 0 bridgehead atoms. The van der Waals surface area contributed by atoms with Crippen molar-refractivity contribution in [1.82, 2.24) is 5.32 Å². The Morgan fingerprint density at radius 2 is 2.04 bits per heavy atom. The van der Waals surface area contributed by atoms with Crippen molar-refractivity contribution in [2.45, 2.75) is 45.6 Å². The minimum absolute atomic E-state index is 0.145. The Labute approximate surface area is 138 Å². The molecule has 1 aliphatic rings. The van der Waals surface area contributed by atoms with Crippen molar-refractivity contribution in [2.24, 2.45) is 5.92 Å². The fraction of sp³-hybridized carbons (Fsp3) is 0.474. The minimum Gasteiger partial charge on any atom is -0.494 e. The van der Waals surface area contributed by atoms with E-state index in [1.54, 1.807) is 6.08 Å². The molecule has 1 aliphatic carbocycles. The van der Waals surface area contributed by atoms with Crippen LogP contribution >= 0.6 is 0 Å². The van der Waals surface area contributed by atoms with Crippen LogP contribution in [-0.2, 0) is 4.79 Å². The molecule has 0 spiro atoms.